The first-order valence-corrected chi connectivity index (χ1v) is 10.7. The first kappa shape index (κ1) is 22.0. The Morgan fingerprint density at radius 3 is 2.50 bits per heavy atom. The first-order valence-electron chi connectivity index (χ1n) is 10.7. The molecule has 0 spiro atoms. The van der Waals surface area contributed by atoms with E-state index in [1.807, 2.05) is 72.8 Å². The van der Waals surface area contributed by atoms with Gasteiger partial charge in [0.25, 0.3) is 0 Å². The van der Waals surface area contributed by atoms with Gasteiger partial charge in [-0.05, 0) is 41.1 Å². The summed E-state index contributed by atoms with van der Waals surface area (Å²) in [4.78, 5) is 17.7. The molecule has 4 heterocycles. The quantitative estimate of drug-likeness (QED) is 0.217. The van der Waals surface area contributed by atoms with Crippen LogP contribution in [0.3, 0.4) is 0 Å². The zero-order chi connectivity index (χ0) is 22.0. The smallest absolute Gasteiger partial charge is 0.104 e. The second kappa shape index (κ2) is 9.56. The Labute approximate surface area is 210 Å². The molecule has 167 valence electrons. The Morgan fingerprint density at radius 1 is 0.824 bits per heavy atom. The van der Waals surface area contributed by atoms with Crippen LogP contribution in [0.25, 0.3) is 44.7 Å². The van der Waals surface area contributed by atoms with Gasteiger partial charge in [-0.3, -0.25) is 9.97 Å². The van der Waals surface area contributed by atoms with Gasteiger partial charge in [-0.1, -0.05) is 54.1 Å². The number of benzene rings is 3. The predicted octanol–water partition coefficient (Wildman–Crippen LogP) is 5.85. The van der Waals surface area contributed by atoms with Crippen molar-refractivity contribution < 1.29 is 24.8 Å². The molecule has 0 fully saturated rings. The van der Waals surface area contributed by atoms with Crippen LogP contribution in [0.2, 0.25) is 0 Å². The number of rotatable bonds is 1. The van der Waals surface area contributed by atoms with E-state index in [4.69, 9.17) is 9.72 Å². The van der Waals surface area contributed by atoms with E-state index >= 15 is 0 Å². The summed E-state index contributed by atoms with van der Waals surface area (Å²) in [6, 6.07) is 32.9. The fraction of sp³-hybridized carbons (Fsp3) is 0.0357. The van der Waals surface area contributed by atoms with Crippen molar-refractivity contribution in [3.63, 3.8) is 0 Å². The molecule has 3 aromatic carbocycles. The average molecular weight is 619 g/mol. The normalized spacial score (nSPS) is 11.4. The number of para-hydroxylation sites is 3. The summed E-state index contributed by atoms with van der Waals surface area (Å²) in [7, 11) is 0. The van der Waals surface area contributed by atoms with Crippen molar-refractivity contribution in [2.45, 2.75) is 6.61 Å². The standard InChI is InChI=1S/C16H10NO.C12H8N3.Ir/c1-3-7-13-12(6-1)10-18-15-9-11-5-2-4-8-14(11)17-16(13)15;1-2-6-10-9(5-1)14-12(15-10)11-7-3-4-8-13-11;/h1-6,8-9H,10H2;1-8H;/q2*-1;. The topological polar surface area (TPSA) is 62.0 Å². The van der Waals surface area contributed by atoms with Crippen molar-refractivity contribution >= 4 is 21.9 Å². The van der Waals surface area contributed by atoms with Crippen LogP contribution < -0.4 is 9.72 Å². The molecule has 34 heavy (non-hydrogen) atoms. The summed E-state index contributed by atoms with van der Waals surface area (Å²) in [5.74, 6) is 1.54. The van der Waals surface area contributed by atoms with Crippen molar-refractivity contribution in [2.75, 3.05) is 0 Å². The van der Waals surface area contributed by atoms with Crippen LogP contribution in [0.1, 0.15) is 5.56 Å². The van der Waals surface area contributed by atoms with E-state index in [1.54, 1.807) is 6.20 Å². The van der Waals surface area contributed by atoms with Crippen LogP contribution in [-0.2, 0) is 26.7 Å². The van der Waals surface area contributed by atoms with Crippen LogP contribution in [0.15, 0.2) is 97.2 Å². The zero-order valence-electron chi connectivity index (χ0n) is 18.0. The molecule has 0 bridgehead atoms. The van der Waals surface area contributed by atoms with Crippen molar-refractivity contribution in [2.24, 2.45) is 0 Å². The predicted molar refractivity (Wildman–Crippen MR) is 129 cm³/mol. The van der Waals surface area contributed by atoms with Crippen LogP contribution in [0.5, 0.6) is 5.75 Å². The van der Waals surface area contributed by atoms with Gasteiger partial charge in [0.1, 0.15) is 5.75 Å². The maximum Gasteiger partial charge on any atom is 0.104 e. The number of ether oxygens (including phenoxy) is 1. The summed E-state index contributed by atoms with van der Waals surface area (Å²) in [5, 5.41) is 1.11. The average Bonchev–Trinajstić information content (AvgIpc) is 3.33. The Bertz CT molecular complexity index is 1550. The first-order chi connectivity index (χ1) is 16.3. The number of nitrogens with zero attached hydrogens (tertiary/aromatic N) is 4. The number of imidazole rings is 1. The van der Waals surface area contributed by atoms with E-state index in [0.717, 1.165) is 50.2 Å². The largest absolute Gasteiger partial charge is 0.506 e. The van der Waals surface area contributed by atoms with Gasteiger partial charge in [0.05, 0.1) is 17.8 Å². The molecular formula is C28H18IrN4O-2. The molecule has 0 saturated heterocycles. The van der Waals surface area contributed by atoms with Gasteiger partial charge in [-0.15, -0.1) is 29.8 Å². The molecule has 6 aromatic rings. The van der Waals surface area contributed by atoms with Crippen LogP contribution in [-0.4, -0.2) is 15.0 Å². The summed E-state index contributed by atoms with van der Waals surface area (Å²) in [6.45, 7) is 0.597. The third kappa shape index (κ3) is 4.21. The third-order valence-electron chi connectivity index (χ3n) is 5.48. The molecule has 1 aliphatic rings. The molecule has 5 nitrogen and oxygen atoms in total. The number of pyridine rings is 2. The molecule has 0 N–H and O–H groups in total. The van der Waals surface area contributed by atoms with Crippen LogP contribution in [0.4, 0.5) is 0 Å². The molecule has 0 saturated carbocycles. The number of aromatic nitrogens is 4. The summed E-state index contributed by atoms with van der Waals surface area (Å²) in [5.41, 5.74) is 6.74. The molecule has 7 rings (SSSR count). The minimum absolute atomic E-state index is 0. The summed E-state index contributed by atoms with van der Waals surface area (Å²) in [6.07, 6.45) is 1.75. The number of hydrogen-bond donors (Lipinski definition) is 0. The Balaban J connectivity index is 0.000000140. The van der Waals surface area contributed by atoms with E-state index in [-0.39, 0.29) is 20.1 Å². The molecule has 0 unspecified atom stereocenters. The SMILES string of the molecule is [Ir].[c-]1cccc2c1-c1nc3ccccc3cc1OC2.c1ccc(-c2nc3ccccc3[n-]2)nc1. The Kier molecular flexibility index (Phi) is 6.17. The van der Waals surface area contributed by atoms with Crippen molar-refractivity contribution in [1.29, 1.82) is 0 Å². The molecule has 6 heteroatoms. The number of hydrogen-bond acceptors (Lipinski definition) is 4. The molecule has 1 radical (unpaired) electrons. The van der Waals surface area contributed by atoms with Gasteiger partial charge in [0.15, 0.2) is 0 Å². The van der Waals surface area contributed by atoms with Crippen LogP contribution in [0, 0.1) is 6.07 Å². The molecular weight excluding hydrogens is 601 g/mol. The van der Waals surface area contributed by atoms with E-state index in [0.29, 0.717) is 12.4 Å². The van der Waals surface area contributed by atoms with Crippen molar-refractivity contribution in [3.8, 4) is 28.5 Å². The third-order valence-corrected chi connectivity index (χ3v) is 5.48. The van der Waals surface area contributed by atoms with Gasteiger partial charge in [-0.2, -0.15) is 0 Å². The summed E-state index contributed by atoms with van der Waals surface area (Å²) < 4.78 is 5.78. The van der Waals surface area contributed by atoms with Crippen molar-refractivity contribution in [1.82, 2.24) is 19.9 Å². The fourth-order valence-corrected chi connectivity index (χ4v) is 3.87. The maximum absolute atomic E-state index is 5.78. The number of fused-ring (bicyclic) bond motifs is 5. The zero-order valence-corrected chi connectivity index (χ0v) is 20.4. The monoisotopic (exact) mass is 619 g/mol. The second-order valence-corrected chi connectivity index (χ2v) is 7.64. The molecule has 0 aliphatic carbocycles. The van der Waals surface area contributed by atoms with E-state index in [2.05, 4.69) is 39.2 Å². The van der Waals surface area contributed by atoms with E-state index < -0.39 is 0 Å². The second-order valence-electron chi connectivity index (χ2n) is 7.64. The van der Waals surface area contributed by atoms with Crippen LogP contribution >= 0.6 is 0 Å². The minimum atomic E-state index is 0. The van der Waals surface area contributed by atoms with E-state index in [9.17, 15) is 0 Å². The summed E-state index contributed by atoms with van der Waals surface area (Å²) >= 11 is 0. The molecule has 3 aromatic heterocycles. The minimum Gasteiger partial charge on any atom is -0.506 e. The van der Waals surface area contributed by atoms with Gasteiger partial charge >= 0.3 is 0 Å². The Morgan fingerprint density at radius 2 is 1.65 bits per heavy atom. The molecule has 0 amide bonds. The Hall–Kier alpha value is -3.86. The maximum atomic E-state index is 5.78. The van der Waals surface area contributed by atoms with E-state index in [1.165, 1.54) is 0 Å². The van der Waals surface area contributed by atoms with Crippen molar-refractivity contribution in [3.05, 3.63) is 109 Å². The molecule has 0 atom stereocenters. The van der Waals surface area contributed by atoms with Gasteiger partial charge < -0.3 is 14.7 Å². The van der Waals surface area contributed by atoms with Gasteiger partial charge in [-0.25, -0.2) is 0 Å². The fourth-order valence-electron chi connectivity index (χ4n) is 3.87. The van der Waals surface area contributed by atoms with Gasteiger partial charge in [0, 0.05) is 37.4 Å². The molecule has 1 aliphatic heterocycles. The van der Waals surface area contributed by atoms with Gasteiger partial charge in [0.2, 0.25) is 0 Å².